The van der Waals surface area contributed by atoms with Crippen LogP contribution in [0.3, 0.4) is 0 Å². The molecule has 102 valence electrons. The molecule has 0 aliphatic rings. The first-order chi connectivity index (χ1) is 8.04. The second-order valence-electron chi connectivity index (χ2n) is 4.54. The summed E-state index contributed by atoms with van der Waals surface area (Å²) in [5.74, 6) is -0.711. The quantitative estimate of drug-likeness (QED) is 0.852. The fourth-order valence-corrected chi connectivity index (χ4v) is 1.53. The minimum atomic E-state index is -4.44. The number of hydrogen-bond acceptors (Lipinski definition) is 3. The Morgan fingerprint density at radius 3 is 2.50 bits per heavy atom. The number of nitrogens with two attached hydrogens (primary N) is 2. The van der Waals surface area contributed by atoms with E-state index in [-0.39, 0.29) is 6.42 Å². The van der Waals surface area contributed by atoms with E-state index in [1.54, 1.807) is 6.92 Å². The van der Waals surface area contributed by atoms with Crippen molar-refractivity contribution in [3.05, 3.63) is 18.0 Å². The number of carbonyl (C=O) groups excluding carboxylic acids is 1. The van der Waals surface area contributed by atoms with Gasteiger partial charge in [0.2, 0.25) is 5.91 Å². The van der Waals surface area contributed by atoms with Gasteiger partial charge in [0.1, 0.15) is 0 Å². The minimum Gasteiger partial charge on any atom is -0.368 e. The molecule has 8 heteroatoms. The molecule has 2 atom stereocenters. The van der Waals surface area contributed by atoms with E-state index in [1.807, 2.05) is 0 Å². The smallest absolute Gasteiger partial charge is 0.368 e. The molecule has 0 spiro atoms. The third-order valence-electron chi connectivity index (χ3n) is 2.66. The standard InChI is InChI=1S/C10H15F3N4O/c1-6(3-9(2,15)8(14)18)17-5-7(4-16-17)10(11,12)13/h4-6H,3,15H2,1-2H3,(H2,14,18). The molecule has 0 aliphatic carbocycles. The van der Waals surface area contributed by atoms with E-state index in [1.165, 1.54) is 6.92 Å². The zero-order valence-electron chi connectivity index (χ0n) is 10.0. The molecule has 1 heterocycles. The molecule has 0 radical (unpaired) electrons. The van der Waals surface area contributed by atoms with Crippen LogP contribution < -0.4 is 11.5 Å². The van der Waals surface area contributed by atoms with Crippen molar-refractivity contribution in [3.8, 4) is 0 Å². The molecule has 5 nitrogen and oxygen atoms in total. The summed E-state index contributed by atoms with van der Waals surface area (Å²) in [6.07, 6.45) is -2.73. The van der Waals surface area contributed by atoms with Crippen LogP contribution in [-0.2, 0) is 11.0 Å². The number of amides is 1. The predicted octanol–water partition coefficient (Wildman–Crippen LogP) is 1.06. The summed E-state index contributed by atoms with van der Waals surface area (Å²) in [4.78, 5) is 11.0. The Balaban J connectivity index is 2.83. The molecular weight excluding hydrogens is 249 g/mol. The van der Waals surface area contributed by atoms with E-state index in [9.17, 15) is 18.0 Å². The van der Waals surface area contributed by atoms with Crippen LogP contribution in [0.15, 0.2) is 12.4 Å². The van der Waals surface area contributed by atoms with E-state index < -0.39 is 29.2 Å². The van der Waals surface area contributed by atoms with E-state index in [2.05, 4.69) is 5.10 Å². The van der Waals surface area contributed by atoms with Gasteiger partial charge in [-0.1, -0.05) is 0 Å². The first-order valence-corrected chi connectivity index (χ1v) is 5.24. The molecular formula is C10H15F3N4O. The molecule has 0 saturated carbocycles. The molecule has 4 N–H and O–H groups in total. The second-order valence-corrected chi connectivity index (χ2v) is 4.54. The zero-order valence-corrected chi connectivity index (χ0v) is 10.0. The number of rotatable bonds is 4. The van der Waals surface area contributed by atoms with Gasteiger partial charge in [-0.3, -0.25) is 9.48 Å². The van der Waals surface area contributed by atoms with Crippen molar-refractivity contribution in [2.45, 2.75) is 38.0 Å². The molecule has 2 unspecified atom stereocenters. The van der Waals surface area contributed by atoms with Gasteiger partial charge in [0.25, 0.3) is 0 Å². The maximum absolute atomic E-state index is 12.4. The van der Waals surface area contributed by atoms with Crippen LogP contribution in [0, 0.1) is 0 Å². The van der Waals surface area contributed by atoms with Crippen LogP contribution >= 0.6 is 0 Å². The van der Waals surface area contributed by atoms with Crippen LogP contribution in [0.2, 0.25) is 0 Å². The number of aromatic nitrogens is 2. The lowest BCUT2D eigenvalue weighted by molar-refractivity contribution is -0.137. The molecule has 1 amide bonds. The molecule has 0 saturated heterocycles. The number of nitrogens with zero attached hydrogens (tertiary/aromatic N) is 2. The van der Waals surface area contributed by atoms with Gasteiger partial charge < -0.3 is 11.5 Å². The van der Waals surface area contributed by atoms with Crippen LogP contribution in [-0.4, -0.2) is 21.2 Å². The van der Waals surface area contributed by atoms with Gasteiger partial charge in [0.15, 0.2) is 0 Å². The molecule has 0 aromatic carbocycles. The Labute approximate surface area is 102 Å². The summed E-state index contributed by atoms with van der Waals surface area (Å²) in [6, 6.07) is -0.469. The van der Waals surface area contributed by atoms with E-state index in [0.29, 0.717) is 0 Å². The number of primary amides is 1. The summed E-state index contributed by atoms with van der Waals surface area (Å²) >= 11 is 0. The van der Waals surface area contributed by atoms with Gasteiger partial charge in [0, 0.05) is 6.20 Å². The van der Waals surface area contributed by atoms with Crippen molar-refractivity contribution in [1.29, 1.82) is 0 Å². The molecule has 1 aromatic rings. The number of carbonyl (C=O) groups is 1. The fraction of sp³-hybridized carbons (Fsp3) is 0.600. The normalized spacial score (nSPS) is 17.2. The van der Waals surface area contributed by atoms with Crippen molar-refractivity contribution >= 4 is 5.91 Å². The first kappa shape index (κ1) is 14.5. The molecule has 0 aliphatic heterocycles. The number of halogens is 3. The summed E-state index contributed by atoms with van der Waals surface area (Å²) < 4.78 is 38.3. The van der Waals surface area contributed by atoms with Crippen molar-refractivity contribution in [2.75, 3.05) is 0 Å². The second kappa shape index (κ2) is 4.60. The van der Waals surface area contributed by atoms with Gasteiger partial charge in [-0.2, -0.15) is 18.3 Å². The first-order valence-electron chi connectivity index (χ1n) is 5.24. The third kappa shape index (κ3) is 3.22. The zero-order chi connectivity index (χ0) is 14.1. The summed E-state index contributed by atoms with van der Waals surface area (Å²) in [7, 11) is 0. The summed E-state index contributed by atoms with van der Waals surface area (Å²) in [6.45, 7) is 3.04. The molecule has 1 aromatic heterocycles. The van der Waals surface area contributed by atoms with Crippen LogP contribution in [0.4, 0.5) is 13.2 Å². The Bertz CT molecular complexity index is 439. The average molecular weight is 264 g/mol. The highest BCUT2D eigenvalue weighted by Gasteiger charge is 2.34. The fourth-order valence-electron chi connectivity index (χ4n) is 1.53. The molecule has 18 heavy (non-hydrogen) atoms. The highest BCUT2D eigenvalue weighted by atomic mass is 19.4. The molecule has 1 rings (SSSR count). The number of hydrogen-bond donors (Lipinski definition) is 2. The highest BCUT2D eigenvalue weighted by Crippen LogP contribution is 2.29. The molecule has 0 bridgehead atoms. The van der Waals surface area contributed by atoms with Gasteiger partial charge in [0.05, 0.1) is 23.3 Å². The van der Waals surface area contributed by atoms with Gasteiger partial charge >= 0.3 is 6.18 Å². The van der Waals surface area contributed by atoms with Gasteiger partial charge in [-0.05, 0) is 20.3 Å². The maximum Gasteiger partial charge on any atom is 0.419 e. The van der Waals surface area contributed by atoms with Crippen LogP contribution in [0.5, 0.6) is 0 Å². The average Bonchev–Trinajstić information content (AvgIpc) is 2.64. The largest absolute Gasteiger partial charge is 0.419 e. The lowest BCUT2D eigenvalue weighted by Crippen LogP contribution is -2.50. The number of alkyl halides is 3. The van der Waals surface area contributed by atoms with Crippen molar-refractivity contribution in [2.24, 2.45) is 11.5 Å². The lowest BCUT2D eigenvalue weighted by atomic mass is 9.94. The maximum atomic E-state index is 12.4. The topological polar surface area (TPSA) is 86.9 Å². The highest BCUT2D eigenvalue weighted by molar-refractivity contribution is 5.83. The summed E-state index contributed by atoms with van der Waals surface area (Å²) in [5, 5.41) is 3.62. The van der Waals surface area contributed by atoms with Crippen molar-refractivity contribution in [1.82, 2.24) is 9.78 Å². The van der Waals surface area contributed by atoms with Crippen molar-refractivity contribution < 1.29 is 18.0 Å². The van der Waals surface area contributed by atoms with Gasteiger partial charge in [-0.25, -0.2) is 0 Å². The third-order valence-corrected chi connectivity index (χ3v) is 2.66. The Hall–Kier alpha value is -1.57. The van der Waals surface area contributed by atoms with Crippen LogP contribution in [0.1, 0.15) is 31.9 Å². The van der Waals surface area contributed by atoms with Gasteiger partial charge in [-0.15, -0.1) is 0 Å². The predicted molar refractivity (Wildman–Crippen MR) is 58.3 cm³/mol. The minimum absolute atomic E-state index is 0.0985. The van der Waals surface area contributed by atoms with E-state index in [0.717, 1.165) is 17.1 Å². The van der Waals surface area contributed by atoms with E-state index >= 15 is 0 Å². The monoisotopic (exact) mass is 264 g/mol. The lowest BCUT2D eigenvalue weighted by Gasteiger charge is -2.24. The Morgan fingerprint density at radius 2 is 2.11 bits per heavy atom. The van der Waals surface area contributed by atoms with Crippen LogP contribution in [0.25, 0.3) is 0 Å². The summed E-state index contributed by atoms with van der Waals surface area (Å²) in [5.41, 5.74) is 8.62. The Kier molecular flexibility index (Phi) is 3.70. The Morgan fingerprint density at radius 1 is 1.56 bits per heavy atom. The van der Waals surface area contributed by atoms with E-state index in [4.69, 9.17) is 11.5 Å². The molecule has 0 fully saturated rings. The van der Waals surface area contributed by atoms with Crippen molar-refractivity contribution in [3.63, 3.8) is 0 Å². The SMILES string of the molecule is CC(CC(C)(N)C(N)=O)n1cc(C(F)(F)F)cn1.